The molecule has 0 bridgehead atoms. The number of hydrogen-bond donors (Lipinski definition) is 3. The topological polar surface area (TPSA) is 131 Å². The molecule has 0 aliphatic heterocycles. The Morgan fingerprint density at radius 2 is 1.57 bits per heavy atom. The average molecular weight is 132 g/mol. The van der Waals surface area contributed by atoms with Crippen molar-refractivity contribution in [3.8, 4) is 0 Å². The van der Waals surface area contributed by atoms with Crippen LogP contribution in [0.4, 0.5) is 0 Å². The molecule has 0 aliphatic rings. The lowest BCUT2D eigenvalue weighted by Crippen LogP contribution is -2.59. The monoisotopic (exact) mass is 132 g/mol. The molecule has 0 saturated heterocycles. The Hall–Kier alpha value is -0.210. The first kappa shape index (κ1) is 9.92. The summed E-state index contributed by atoms with van der Waals surface area (Å²) in [6, 6.07) is 0. The second kappa shape index (κ2) is 3.96. The van der Waals surface area contributed by atoms with E-state index >= 15 is 0 Å². The molecule has 0 aromatic rings. The van der Waals surface area contributed by atoms with Gasteiger partial charge in [0.1, 0.15) is 0 Å². The summed E-state index contributed by atoms with van der Waals surface area (Å²) in [6.07, 6.45) is 0. The van der Waals surface area contributed by atoms with Gasteiger partial charge in [0, 0.05) is 0 Å². The van der Waals surface area contributed by atoms with Gasteiger partial charge in [0.05, 0.1) is 0 Å². The molecule has 7 heteroatoms. The molecule has 0 rings (SSSR count). The standard InChI is InChI=1S/H4N2.H2O4S/c1-2;1-5(2,3)4/h1-2H2;(H2,1,2,3,4)/i1+1,2+1;. The van der Waals surface area contributed by atoms with Crippen LogP contribution in [0.2, 0.25) is 0 Å². The second-order valence-electron chi connectivity index (χ2n) is 0.428. The van der Waals surface area contributed by atoms with Crippen LogP contribution in [0, 0.1) is 0 Å². The van der Waals surface area contributed by atoms with Gasteiger partial charge in [-0.05, 0) is 0 Å². The fourth-order valence-corrected chi connectivity index (χ4v) is 0. The molecule has 0 fully saturated rings. The maximum Gasteiger partial charge on any atom is 0.215 e. The highest BCUT2D eigenvalue weighted by Gasteiger charge is 1.67. The summed E-state index contributed by atoms with van der Waals surface area (Å²) in [7, 11) is -4.92. The third-order valence-corrected chi connectivity index (χ3v) is 0. The molecule has 0 heterocycles. The van der Waals surface area contributed by atoms with Crippen LogP contribution in [0.1, 0.15) is 0 Å². The third-order valence-electron chi connectivity index (χ3n) is 0. The predicted molar refractivity (Wildman–Crippen MR) is 19.4 cm³/mol. The molecule has 46 valence electrons. The summed E-state index contributed by atoms with van der Waals surface area (Å²) in [6.45, 7) is 0. The third kappa shape index (κ3) is 1890. The predicted octanol–water partition coefficient (Wildman–Crippen LogP) is -2.89. The van der Waals surface area contributed by atoms with E-state index in [0.29, 0.717) is 0 Å². The van der Waals surface area contributed by atoms with Crippen LogP contribution in [0.25, 0.3) is 0 Å². The summed E-state index contributed by atoms with van der Waals surface area (Å²) in [4.78, 5) is 0. The van der Waals surface area contributed by atoms with Gasteiger partial charge in [-0.25, -0.2) is 8.42 Å². The molecular weight excluding hydrogens is 126 g/mol. The van der Waals surface area contributed by atoms with Crippen molar-refractivity contribution in [2.75, 3.05) is 0 Å². The van der Waals surface area contributed by atoms with E-state index in [4.69, 9.17) is 17.5 Å². The lowest BCUT2D eigenvalue weighted by atomic mass is 14.0. The minimum absolute atomic E-state index is 2.75. The molecule has 7 heavy (non-hydrogen) atoms. The summed E-state index contributed by atoms with van der Waals surface area (Å²) in [5.74, 6) is 7.00. The number of rotatable bonds is 0. The Morgan fingerprint density at radius 1 is 1.57 bits per heavy atom. The molecule has 0 saturated carbocycles. The first-order valence-electron chi connectivity index (χ1n) is 1.09. The van der Waals surface area contributed by atoms with Gasteiger partial charge in [-0.2, -0.15) is 5.84 Å². The van der Waals surface area contributed by atoms with Crippen LogP contribution in [0.3, 0.4) is 0 Å². The Bertz CT molecular complexity index is 92.9. The van der Waals surface area contributed by atoms with E-state index in [9.17, 15) is 0 Å². The Balaban J connectivity index is 0. The Labute approximate surface area is 40.7 Å². The van der Waals surface area contributed by atoms with Crippen molar-refractivity contribution in [2.24, 2.45) is 5.84 Å². The molecule has 6 nitrogen and oxygen atoms in total. The van der Waals surface area contributed by atoms with Crippen molar-refractivity contribution in [1.29, 1.82) is 0 Å². The van der Waals surface area contributed by atoms with E-state index in [1.807, 2.05) is 0 Å². The van der Waals surface area contributed by atoms with Gasteiger partial charge in [-0.3, -0.25) is 10.4 Å². The molecule has 0 aliphatic carbocycles. The highest BCUT2D eigenvalue weighted by molar-refractivity contribution is 7.79. The van der Waals surface area contributed by atoms with Crippen molar-refractivity contribution >= 4 is 10.4 Å². The molecular formula is H6N2O4S. The molecule has 0 radical (unpaired) electrons. The van der Waals surface area contributed by atoms with Crippen molar-refractivity contribution in [2.45, 2.75) is 0 Å². The van der Waals surface area contributed by atoms with Gasteiger partial charge < -0.3 is 4.55 Å². The first-order chi connectivity index (χ1) is 3.00. The van der Waals surface area contributed by atoms with Crippen LogP contribution in [-0.4, -0.2) is 17.5 Å². The fraction of sp³-hybridized carbons (Fsp3) is 0. The van der Waals surface area contributed by atoms with Gasteiger partial charge >= 0.3 is 0 Å². The molecule has 0 atom stereocenters. The largest absolute Gasteiger partial charge is 0.726 e. The maximum absolute atomic E-state index is 8.63. The van der Waals surface area contributed by atoms with Crippen LogP contribution in [-0.2, 0) is 10.4 Å². The van der Waals surface area contributed by atoms with Crippen molar-refractivity contribution in [3.63, 3.8) is 0 Å². The van der Waals surface area contributed by atoms with Gasteiger partial charge in [-0.1, -0.05) is 0 Å². The number of nitrogens with two attached hydrogens (primary N) is 1. The Morgan fingerprint density at radius 3 is 1.57 bits per heavy atom. The van der Waals surface area contributed by atoms with E-state index in [1.165, 1.54) is 0 Å². The highest BCUT2D eigenvalue weighted by atomic mass is 32.3. The molecule has 0 spiro atoms. The summed E-state index contributed by atoms with van der Waals surface area (Å²) in [5, 5.41) is 0. The van der Waals surface area contributed by atoms with E-state index in [2.05, 4.69) is 11.7 Å². The minimum atomic E-state index is -4.92. The fourth-order valence-electron chi connectivity index (χ4n) is 0. The van der Waals surface area contributed by atoms with Gasteiger partial charge in [0.25, 0.3) is 0 Å². The number of quaternary nitrogens is 1. The van der Waals surface area contributed by atoms with Crippen LogP contribution < -0.4 is 11.7 Å². The molecule has 0 unspecified atom stereocenters. The lowest BCUT2D eigenvalue weighted by Gasteiger charge is -1.88. The quantitative estimate of drug-likeness (QED) is 0.107. The van der Waals surface area contributed by atoms with Gasteiger partial charge in [0.2, 0.25) is 10.4 Å². The second-order valence-corrected chi connectivity index (χ2v) is 1.28. The van der Waals surface area contributed by atoms with Crippen LogP contribution >= 0.6 is 0 Å². The normalized spacial score (nSPS) is 9.14. The first-order valence-corrected chi connectivity index (χ1v) is 2.46. The zero-order valence-corrected chi connectivity index (χ0v) is 4.18. The minimum Gasteiger partial charge on any atom is -0.726 e. The molecule has 6 N–H and O–H groups in total. The SMILES string of the molecule is O=S(=O)([O-])O.[15NH2][15NH3+]. The van der Waals surface area contributed by atoms with E-state index in [1.54, 1.807) is 0 Å². The summed E-state index contributed by atoms with van der Waals surface area (Å²) >= 11 is 0. The smallest absolute Gasteiger partial charge is 0.215 e. The van der Waals surface area contributed by atoms with Crippen LogP contribution in [0.15, 0.2) is 0 Å². The lowest BCUT2D eigenvalue weighted by molar-refractivity contribution is -0.379. The molecule has 0 amide bonds. The van der Waals surface area contributed by atoms with Crippen molar-refractivity contribution in [3.05, 3.63) is 0 Å². The van der Waals surface area contributed by atoms with Gasteiger partial charge in [0.15, 0.2) is 0 Å². The van der Waals surface area contributed by atoms with Crippen molar-refractivity contribution in [1.82, 2.24) is 0 Å². The Kier molecular flexibility index (Phi) is 5.62. The van der Waals surface area contributed by atoms with Crippen molar-refractivity contribution < 1.29 is 23.4 Å². The van der Waals surface area contributed by atoms with E-state index in [-0.39, 0.29) is 0 Å². The zero-order chi connectivity index (χ0) is 6.50. The summed E-state index contributed by atoms with van der Waals surface area (Å²) in [5.41, 5.74) is 0. The highest BCUT2D eigenvalue weighted by Crippen LogP contribution is 1.58. The maximum atomic E-state index is 8.63. The molecule has 0 aromatic carbocycles. The average Bonchev–Trinajstić information content (AvgIpc) is 1.36. The zero-order valence-electron chi connectivity index (χ0n) is 3.36. The van der Waals surface area contributed by atoms with Crippen LogP contribution in [0.5, 0.6) is 0 Å². The van der Waals surface area contributed by atoms with E-state index in [0.717, 1.165) is 0 Å². The number of hydrogen-bond acceptors (Lipinski definition) is 4. The summed E-state index contributed by atoms with van der Waals surface area (Å²) < 4.78 is 32.8. The van der Waals surface area contributed by atoms with Gasteiger partial charge in [-0.15, -0.1) is 0 Å². The van der Waals surface area contributed by atoms with E-state index < -0.39 is 10.4 Å². The molecule has 0 aromatic heterocycles.